The normalized spacial score (nSPS) is 10.4. The Morgan fingerprint density at radius 1 is 1.50 bits per heavy atom. The summed E-state index contributed by atoms with van der Waals surface area (Å²) in [5.74, 6) is -0.243. The maximum absolute atomic E-state index is 11.5. The van der Waals surface area contributed by atoms with Gasteiger partial charge in [0.1, 0.15) is 5.56 Å². The van der Waals surface area contributed by atoms with E-state index in [-0.39, 0.29) is 11.4 Å². The third kappa shape index (κ3) is 4.21. The van der Waals surface area contributed by atoms with Crippen molar-refractivity contribution in [1.82, 2.24) is 9.88 Å². The number of hydrogen-bond donors (Lipinski definition) is 1. The molecule has 0 saturated carbocycles. The average molecular weight is 253 g/mol. The molecule has 0 fully saturated rings. The highest BCUT2D eigenvalue weighted by molar-refractivity contribution is 5.92. The second kappa shape index (κ2) is 6.80. The van der Waals surface area contributed by atoms with Crippen molar-refractivity contribution in [2.24, 2.45) is 0 Å². The number of esters is 1. The second-order valence-corrected chi connectivity index (χ2v) is 4.12. The fourth-order valence-corrected chi connectivity index (χ4v) is 1.39. The van der Waals surface area contributed by atoms with Gasteiger partial charge >= 0.3 is 5.97 Å². The smallest absolute Gasteiger partial charge is 0.343 e. The summed E-state index contributed by atoms with van der Waals surface area (Å²) in [5.41, 5.74) is 6.23. The molecule has 0 radical (unpaired) electrons. The van der Waals surface area contributed by atoms with Crippen LogP contribution in [0.2, 0.25) is 0 Å². The first-order valence-electron chi connectivity index (χ1n) is 5.66. The van der Waals surface area contributed by atoms with Gasteiger partial charge in [0, 0.05) is 6.54 Å². The number of aromatic nitrogens is 1. The van der Waals surface area contributed by atoms with Crippen LogP contribution in [0.1, 0.15) is 16.8 Å². The van der Waals surface area contributed by atoms with E-state index in [1.54, 1.807) is 0 Å². The Kier molecular flexibility index (Phi) is 5.38. The Morgan fingerprint density at radius 3 is 2.83 bits per heavy atom. The van der Waals surface area contributed by atoms with Gasteiger partial charge in [0.05, 0.1) is 25.6 Å². The van der Waals surface area contributed by atoms with Crippen LogP contribution in [-0.2, 0) is 4.74 Å². The first-order valence-corrected chi connectivity index (χ1v) is 5.66. The van der Waals surface area contributed by atoms with Crippen LogP contribution in [0.5, 0.6) is 5.88 Å². The molecule has 0 unspecified atom stereocenters. The van der Waals surface area contributed by atoms with E-state index in [1.807, 2.05) is 14.1 Å². The molecule has 2 N–H and O–H groups in total. The molecule has 1 aromatic heterocycles. The molecule has 1 aromatic rings. The third-order valence-corrected chi connectivity index (χ3v) is 2.27. The number of hydrogen-bond acceptors (Lipinski definition) is 6. The van der Waals surface area contributed by atoms with Gasteiger partial charge in [0.25, 0.3) is 0 Å². The molecule has 0 aliphatic heterocycles. The molecule has 0 aromatic carbocycles. The van der Waals surface area contributed by atoms with Gasteiger partial charge in [0.2, 0.25) is 5.88 Å². The van der Waals surface area contributed by atoms with Crippen LogP contribution in [0.3, 0.4) is 0 Å². The summed E-state index contributed by atoms with van der Waals surface area (Å²) in [6.07, 6.45) is 2.30. The predicted molar refractivity (Wildman–Crippen MR) is 68.7 cm³/mol. The zero-order valence-corrected chi connectivity index (χ0v) is 11.0. The number of carbonyl (C=O) groups is 1. The molecule has 0 saturated heterocycles. The second-order valence-electron chi connectivity index (χ2n) is 4.12. The van der Waals surface area contributed by atoms with Gasteiger partial charge in [-0.15, -0.1) is 0 Å². The molecule has 18 heavy (non-hydrogen) atoms. The van der Waals surface area contributed by atoms with Crippen LogP contribution in [-0.4, -0.2) is 50.2 Å². The van der Waals surface area contributed by atoms with Crippen molar-refractivity contribution in [2.45, 2.75) is 6.42 Å². The van der Waals surface area contributed by atoms with E-state index in [2.05, 4.69) is 14.6 Å². The summed E-state index contributed by atoms with van der Waals surface area (Å²) in [7, 11) is 5.28. The maximum Gasteiger partial charge on any atom is 0.343 e. The van der Waals surface area contributed by atoms with Crippen molar-refractivity contribution < 1.29 is 14.3 Å². The van der Waals surface area contributed by atoms with Gasteiger partial charge in [-0.05, 0) is 26.6 Å². The number of nitrogen functional groups attached to an aromatic ring is 1. The van der Waals surface area contributed by atoms with Gasteiger partial charge in [-0.2, -0.15) is 0 Å². The highest BCUT2D eigenvalue weighted by Crippen LogP contribution is 2.18. The van der Waals surface area contributed by atoms with E-state index in [0.29, 0.717) is 12.3 Å². The third-order valence-electron chi connectivity index (χ3n) is 2.27. The monoisotopic (exact) mass is 253 g/mol. The fourth-order valence-electron chi connectivity index (χ4n) is 1.39. The van der Waals surface area contributed by atoms with E-state index in [9.17, 15) is 4.79 Å². The van der Waals surface area contributed by atoms with Crippen molar-refractivity contribution in [3.63, 3.8) is 0 Å². The first-order chi connectivity index (χ1) is 8.54. The summed E-state index contributed by atoms with van der Waals surface area (Å²) in [6, 6.07) is 1.50. The largest absolute Gasteiger partial charge is 0.477 e. The Morgan fingerprint density at radius 2 is 2.22 bits per heavy atom. The van der Waals surface area contributed by atoms with E-state index < -0.39 is 5.97 Å². The van der Waals surface area contributed by atoms with Crippen molar-refractivity contribution in [3.05, 3.63) is 17.8 Å². The van der Waals surface area contributed by atoms with Crippen LogP contribution < -0.4 is 10.5 Å². The van der Waals surface area contributed by atoms with Crippen molar-refractivity contribution >= 4 is 11.7 Å². The fraction of sp³-hybridized carbons (Fsp3) is 0.500. The quantitative estimate of drug-likeness (QED) is 0.596. The van der Waals surface area contributed by atoms with E-state index >= 15 is 0 Å². The number of nitrogens with zero attached hydrogens (tertiary/aromatic N) is 2. The van der Waals surface area contributed by atoms with E-state index in [4.69, 9.17) is 10.5 Å². The lowest BCUT2D eigenvalue weighted by atomic mass is 10.2. The van der Waals surface area contributed by atoms with E-state index in [1.165, 1.54) is 19.4 Å². The van der Waals surface area contributed by atoms with Crippen LogP contribution in [0.15, 0.2) is 12.3 Å². The van der Waals surface area contributed by atoms with Crippen molar-refractivity contribution in [3.8, 4) is 5.88 Å². The van der Waals surface area contributed by atoms with Crippen LogP contribution >= 0.6 is 0 Å². The highest BCUT2D eigenvalue weighted by Gasteiger charge is 2.15. The molecule has 0 aliphatic carbocycles. The summed E-state index contributed by atoms with van der Waals surface area (Å²) in [6.45, 7) is 1.39. The molecule has 6 heteroatoms. The maximum atomic E-state index is 11.5. The highest BCUT2D eigenvalue weighted by atomic mass is 16.5. The van der Waals surface area contributed by atoms with Gasteiger partial charge in [-0.3, -0.25) is 0 Å². The number of methoxy groups -OCH3 is 1. The number of ether oxygens (including phenoxy) is 2. The average Bonchev–Trinajstić information content (AvgIpc) is 2.34. The van der Waals surface area contributed by atoms with Crippen molar-refractivity contribution in [1.29, 1.82) is 0 Å². The molecule has 1 rings (SSSR count). The molecule has 1 heterocycles. The summed E-state index contributed by atoms with van der Waals surface area (Å²) >= 11 is 0. The lowest BCUT2D eigenvalue weighted by molar-refractivity contribution is 0.0595. The minimum atomic E-state index is -0.502. The molecule has 0 spiro atoms. The molecule has 0 atom stereocenters. The van der Waals surface area contributed by atoms with Gasteiger partial charge in [-0.25, -0.2) is 9.78 Å². The molecular weight excluding hydrogens is 234 g/mol. The summed E-state index contributed by atoms with van der Waals surface area (Å²) in [4.78, 5) is 17.6. The predicted octanol–water partition coefficient (Wildman–Crippen LogP) is 0.781. The minimum absolute atomic E-state index is 0.252. The van der Waals surface area contributed by atoms with Crippen LogP contribution in [0.25, 0.3) is 0 Å². The van der Waals surface area contributed by atoms with E-state index in [0.717, 1.165) is 13.0 Å². The Labute approximate surface area is 107 Å². The Bertz CT molecular complexity index is 408. The van der Waals surface area contributed by atoms with Crippen LogP contribution in [0.4, 0.5) is 5.69 Å². The first kappa shape index (κ1) is 14.2. The van der Waals surface area contributed by atoms with Crippen molar-refractivity contribution in [2.75, 3.05) is 40.1 Å². The number of carbonyl (C=O) groups excluding carboxylic acids is 1. The number of nitrogens with two attached hydrogens (primary N) is 1. The van der Waals surface area contributed by atoms with Gasteiger partial charge in [-0.1, -0.05) is 0 Å². The van der Waals surface area contributed by atoms with Gasteiger partial charge in [0.15, 0.2) is 0 Å². The molecule has 0 amide bonds. The summed E-state index contributed by atoms with van der Waals surface area (Å²) < 4.78 is 10.1. The molecule has 0 aliphatic rings. The zero-order chi connectivity index (χ0) is 13.5. The molecule has 0 bridgehead atoms. The Balaban J connectivity index is 2.66. The molecule has 6 nitrogen and oxygen atoms in total. The summed E-state index contributed by atoms with van der Waals surface area (Å²) in [5, 5.41) is 0. The number of anilines is 1. The number of pyridine rings is 1. The topological polar surface area (TPSA) is 77.7 Å². The SMILES string of the molecule is COC(=O)c1cc(N)cnc1OCCCN(C)C. The zero-order valence-electron chi connectivity index (χ0n) is 11.0. The molecular formula is C12H19N3O3. The number of rotatable bonds is 6. The lowest BCUT2D eigenvalue weighted by Gasteiger charge is -2.11. The Hall–Kier alpha value is -1.82. The van der Waals surface area contributed by atoms with Crippen LogP contribution in [0, 0.1) is 0 Å². The lowest BCUT2D eigenvalue weighted by Crippen LogP contribution is -2.16. The molecule has 100 valence electrons. The minimum Gasteiger partial charge on any atom is -0.477 e. The standard InChI is InChI=1S/C12H19N3O3/c1-15(2)5-4-6-18-11-10(12(16)17-3)7-9(13)8-14-11/h7-8H,4-6,13H2,1-3H3. The van der Waals surface area contributed by atoms with Gasteiger partial charge < -0.3 is 20.1 Å².